The van der Waals surface area contributed by atoms with Crippen molar-refractivity contribution in [3.63, 3.8) is 0 Å². The van der Waals surface area contributed by atoms with Gasteiger partial charge in [-0.15, -0.1) is 0 Å². The molecule has 0 heterocycles. The monoisotopic (exact) mass is 170 g/mol. The van der Waals surface area contributed by atoms with Gasteiger partial charge in [-0.25, -0.2) is 0 Å². The van der Waals surface area contributed by atoms with E-state index in [2.05, 4.69) is 6.08 Å². The Bertz CT molecular complexity index is 150. The van der Waals surface area contributed by atoms with E-state index < -0.39 is 5.97 Å². The Labute approximate surface area is 74.3 Å². The highest BCUT2D eigenvalue weighted by Crippen LogP contribution is 2.12. The molecule has 0 spiro atoms. The average Bonchev–Trinajstić information content (AvgIpc) is 2.04. The summed E-state index contributed by atoms with van der Waals surface area (Å²) in [5, 5.41) is 8.71. The highest BCUT2D eigenvalue weighted by atomic mass is 16.4. The first-order valence-corrected chi connectivity index (χ1v) is 4.56. The molecule has 0 saturated heterocycles. The van der Waals surface area contributed by atoms with Crippen molar-refractivity contribution in [1.82, 2.24) is 0 Å². The lowest BCUT2D eigenvalue weighted by Crippen LogP contribution is -2.11. The summed E-state index contributed by atoms with van der Waals surface area (Å²) < 4.78 is 0. The van der Waals surface area contributed by atoms with Gasteiger partial charge < -0.3 is 5.11 Å². The minimum Gasteiger partial charge on any atom is -0.481 e. The molecule has 0 aromatic carbocycles. The number of unbranched alkanes of at least 4 members (excludes halogenated alkanes) is 1. The fourth-order valence-electron chi connectivity index (χ4n) is 1.15. The topological polar surface area (TPSA) is 37.3 Å². The smallest absolute Gasteiger partial charge is 0.306 e. The minimum absolute atomic E-state index is 0.143. The van der Waals surface area contributed by atoms with E-state index in [0.29, 0.717) is 0 Å². The van der Waals surface area contributed by atoms with E-state index in [1.807, 2.05) is 19.9 Å². The van der Waals surface area contributed by atoms with Crippen LogP contribution in [-0.4, -0.2) is 11.1 Å². The first kappa shape index (κ1) is 11.2. The van der Waals surface area contributed by atoms with Crippen LogP contribution in [0.1, 0.15) is 39.5 Å². The van der Waals surface area contributed by atoms with Gasteiger partial charge in [0, 0.05) is 0 Å². The standard InChI is InChI=1S/C10H18O2/c1-3-5-6-7-8-9(4-2)10(11)12/h3,5,9H,4,6-8H2,1-2H3,(H,11,12). The zero-order chi connectivity index (χ0) is 9.40. The van der Waals surface area contributed by atoms with E-state index in [1.165, 1.54) is 0 Å². The van der Waals surface area contributed by atoms with Gasteiger partial charge in [-0.05, 0) is 32.6 Å². The molecular formula is C10H18O2. The van der Waals surface area contributed by atoms with E-state index in [9.17, 15) is 4.79 Å². The van der Waals surface area contributed by atoms with Gasteiger partial charge in [0.25, 0.3) is 0 Å². The van der Waals surface area contributed by atoms with Crippen molar-refractivity contribution in [3.05, 3.63) is 12.2 Å². The van der Waals surface area contributed by atoms with Crippen LogP contribution in [0.3, 0.4) is 0 Å². The van der Waals surface area contributed by atoms with Crippen molar-refractivity contribution in [1.29, 1.82) is 0 Å². The van der Waals surface area contributed by atoms with Crippen LogP contribution in [0.5, 0.6) is 0 Å². The molecule has 0 aromatic rings. The molecule has 0 amide bonds. The SMILES string of the molecule is CC=CCCCC(CC)C(=O)O. The molecule has 70 valence electrons. The fourth-order valence-corrected chi connectivity index (χ4v) is 1.15. The van der Waals surface area contributed by atoms with Crippen LogP contribution in [0.2, 0.25) is 0 Å². The van der Waals surface area contributed by atoms with E-state index in [0.717, 1.165) is 25.7 Å². The van der Waals surface area contributed by atoms with E-state index in [-0.39, 0.29) is 5.92 Å². The molecule has 0 aliphatic rings. The number of carboxylic acid groups (broad SMARTS) is 1. The molecule has 12 heavy (non-hydrogen) atoms. The summed E-state index contributed by atoms with van der Waals surface area (Å²) in [5.41, 5.74) is 0. The van der Waals surface area contributed by atoms with Crippen molar-refractivity contribution >= 4 is 5.97 Å². The van der Waals surface area contributed by atoms with E-state index >= 15 is 0 Å². The molecule has 0 fully saturated rings. The summed E-state index contributed by atoms with van der Waals surface area (Å²) in [6.45, 7) is 3.91. The molecule has 0 rings (SSSR count). The molecule has 2 heteroatoms. The van der Waals surface area contributed by atoms with E-state index in [1.54, 1.807) is 0 Å². The first-order valence-electron chi connectivity index (χ1n) is 4.56. The Kier molecular flexibility index (Phi) is 6.44. The number of carboxylic acids is 1. The van der Waals surface area contributed by atoms with Crippen molar-refractivity contribution in [3.8, 4) is 0 Å². The summed E-state index contributed by atoms with van der Waals surface area (Å²) in [6, 6.07) is 0. The average molecular weight is 170 g/mol. The molecule has 0 aromatic heterocycles. The largest absolute Gasteiger partial charge is 0.481 e. The van der Waals surface area contributed by atoms with Gasteiger partial charge in [-0.3, -0.25) is 4.79 Å². The van der Waals surface area contributed by atoms with Crippen LogP contribution in [-0.2, 0) is 4.79 Å². The third-order valence-corrected chi connectivity index (χ3v) is 2.00. The molecule has 1 unspecified atom stereocenters. The lowest BCUT2D eigenvalue weighted by atomic mass is 9.99. The predicted octanol–water partition coefficient (Wildman–Crippen LogP) is 2.84. The predicted molar refractivity (Wildman–Crippen MR) is 50.1 cm³/mol. The van der Waals surface area contributed by atoms with Crippen LogP contribution < -0.4 is 0 Å². The van der Waals surface area contributed by atoms with Crippen LogP contribution in [0.4, 0.5) is 0 Å². The molecular weight excluding hydrogens is 152 g/mol. The minimum atomic E-state index is -0.655. The molecule has 0 aliphatic heterocycles. The maximum atomic E-state index is 10.6. The van der Waals surface area contributed by atoms with Gasteiger partial charge in [0.05, 0.1) is 5.92 Å². The number of aliphatic carboxylic acids is 1. The molecule has 0 bridgehead atoms. The van der Waals surface area contributed by atoms with Crippen molar-refractivity contribution in [2.24, 2.45) is 5.92 Å². The Hall–Kier alpha value is -0.790. The van der Waals surface area contributed by atoms with Crippen molar-refractivity contribution < 1.29 is 9.90 Å². The van der Waals surface area contributed by atoms with Crippen LogP contribution in [0, 0.1) is 5.92 Å². The lowest BCUT2D eigenvalue weighted by Gasteiger charge is -2.07. The molecule has 0 aliphatic carbocycles. The number of carbonyl (C=O) groups is 1. The summed E-state index contributed by atoms with van der Waals surface area (Å²) in [4.78, 5) is 10.6. The Morgan fingerprint density at radius 2 is 2.25 bits per heavy atom. The number of hydrogen-bond acceptors (Lipinski definition) is 1. The summed E-state index contributed by atoms with van der Waals surface area (Å²) >= 11 is 0. The zero-order valence-corrected chi connectivity index (χ0v) is 7.92. The zero-order valence-electron chi connectivity index (χ0n) is 7.92. The summed E-state index contributed by atoms with van der Waals surface area (Å²) in [5.74, 6) is -0.798. The second kappa shape index (κ2) is 6.89. The lowest BCUT2D eigenvalue weighted by molar-refractivity contribution is -0.142. The normalized spacial score (nSPS) is 13.5. The van der Waals surface area contributed by atoms with Crippen LogP contribution in [0.15, 0.2) is 12.2 Å². The van der Waals surface area contributed by atoms with Gasteiger partial charge in [-0.2, -0.15) is 0 Å². The third-order valence-electron chi connectivity index (χ3n) is 2.00. The van der Waals surface area contributed by atoms with Crippen LogP contribution >= 0.6 is 0 Å². The van der Waals surface area contributed by atoms with Crippen molar-refractivity contribution in [2.75, 3.05) is 0 Å². The van der Waals surface area contributed by atoms with Gasteiger partial charge in [0.15, 0.2) is 0 Å². The molecule has 0 radical (unpaired) electrons. The van der Waals surface area contributed by atoms with Crippen molar-refractivity contribution in [2.45, 2.75) is 39.5 Å². The fraction of sp³-hybridized carbons (Fsp3) is 0.700. The van der Waals surface area contributed by atoms with E-state index in [4.69, 9.17) is 5.11 Å². The van der Waals surface area contributed by atoms with Gasteiger partial charge in [0.2, 0.25) is 0 Å². The summed E-state index contributed by atoms with van der Waals surface area (Å²) in [7, 11) is 0. The number of hydrogen-bond donors (Lipinski definition) is 1. The maximum Gasteiger partial charge on any atom is 0.306 e. The summed E-state index contributed by atoms with van der Waals surface area (Å²) in [6.07, 6.45) is 7.60. The van der Waals surface area contributed by atoms with Gasteiger partial charge in [0.1, 0.15) is 0 Å². The third kappa shape index (κ3) is 4.94. The maximum absolute atomic E-state index is 10.6. The van der Waals surface area contributed by atoms with Crippen LogP contribution in [0.25, 0.3) is 0 Å². The molecule has 0 saturated carbocycles. The molecule has 2 nitrogen and oxygen atoms in total. The Balaban J connectivity index is 3.51. The molecule has 1 atom stereocenters. The number of rotatable bonds is 6. The molecule has 1 N–H and O–H groups in total. The highest BCUT2D eigenvalue weighted by Gasteiger charge is 2.13. The second-order valence-corrected chi connectivity index (χ2v) is 2.94. The van der Waals surface area contributed by atoms with Gasteiger partial charge >= 0.3 is 5.97 Å². The quantitative estimate of drug-likeness (QED) is 0.491. The first-order chi connectivity index (χ1) is 5.72. The Morgan fingerprint density at radius 1 is 1.58 bits per heavy atom. The Morgan fingerprint density at radius 3 is 2.67 bits per heavy atom. The second-order valence-electron chi connectivity index (χ2n) is 2.94. The number of allylic oxidation sites excluding steroid dienone is 2. The van der Waals surface area contributed by atoms with Gasteiger partial charge in [-0.1, -0.05) is 19.1 Å². The highest BCUT2D eigenvalue weighted by molar-refractivity contribution is 5.69.